The summed E-state index contributed by atoms with van der Waals surface area (Å²) in [4.78, 5) is 11.2. The molecule has 1 aliphatic heterocycles. The molecule has 1 amide bonds. The highest BCUT2D eigenvalue weighted by Gasteiger charge is 2.30. The maximum atomic E-state index is 11.2. The smallest absolute Gasteiger partial charge is 0.269 e. The molecule has 0 spiro atoms. The molecule has 15 heavy (non-hydrogen) atoms. The third kappa shape index (κ3) is 1.52. The van der Waals surface area contributed by atoms with Gasteiger partial charge in [-0.2, -0.15) is 5.10 Å². The van der Waals surface area contributed by atoms with E-state index in [9.17, 15) is 4.79 Å². The van der Waals surface area contributed by atoms with Gasteiger partial charge in [0.15, 0.2) is 5.69 Å². The number of ether oxygens (including phenoxy) is 1. The van der Waals surface area contributed by atoms with Crippen LogP contribution in [0.15, 0.2) is 0 Å². The maximum absolute atomic E-state index is 11.2. The summed E-state index contributed by atoms with van der Waals surface area (Å²) < 4.78 is 7.36. The van der Waals surface area contributed by atoms with E-state index in [4.69, 9.17) is 10.5 Å². The fourth-order valence-electron chi connectivity index (χ4n) is 2.24. The zero-order chi connectivity index (χ0) is 11.2. The fourth-order valence-corrected chi connectivity index (χ4v) is 2.24. The van der Waals surface area contributed by atoms with Crippen molar-refractivity contribution in [1.29, 1.82) is 0 Å². The van der Waals surface area contributed by atoms with E-state index in [1.54, 1.807) is 11.7 Å². The molecule has 5 nitrogen and oxygen atoms in total. The number of hydrogen-bond donors (Lipinski definition) is 1. The molecule has 1 aromatic heterocycles. The first-order valence-corrected chi connectivity index (χ1v) is 5.01. The fraction of sp³-hybridized carbons (Fsp3) is 0.600. The number of amides is 1. The third-order valence-electron chi connectivity index (χ3n) is 2.74. The lowest BCUT2D eigenvalue weighted by atomic mass is 9.99. The average Bonchev–Trinajstić information content (AvgIpc) is 2.42. The molecule has 82 valence electrons. The van der Waals surface area contributed by atoms with Crippen LogP contribution in [0.2, 0.25) is 0 Å². The Morgan fingerprint density at radius 3 is 2.87 bits per heavy atom. The Hall–Kier alpha value is -1.36. The summed E-state index contributed by atoms with van der Waals surface area (Å²) in [5, 5.41) is 4.14. The van der Waals surface area contributed by atoms with Crippen LogP contribution < -0.4 is 5.73 Å². The zero-order valence-electron chi connectivity index (χ0n) is 9.15. The van der Waals surface area contributed by atoms with E-state index in [1.807, 2.05) is 13.8 Å². The Morgan fingerprint density at radius 2 is 2.27 bits per heavy atom. The number of rotatable bonds is 1. The number of carbonyl (C=O) groups is 1. The standard InChI is InChI=1S/C10H15N3O2/c1-5-4-7-8(10(11)14)12-13(3)9(7)6(2)15-5/h5-6H,4H2,1-3H3,(H2,11,14)/t5-,6+/m1/s1. The molecule has 0 radical (unpaired) electrons. The summed E-state index contributed by atoms with van der Waals surface area (Å²) >= 11 is 0. The van der Waals surface area contributed by atoms with E-state index in [0.717, 1.165) is 11.3 Å². The zero-order valence-corrected chi connectivity index (χ0v) is 9.15. The molecule has 2 rings (SSSR count). The van der Waals surface area contributed by atoms with Crippen molar-refractivity contribution in [3.05, 3.63) is 17.0 Å². The van der Waals surface area contributed by atoms with Crippen molar-refractivity contribution >= 4 is 5.91 Å². The summed E-state index contributed by atoms with van der Waals surface area (Å²) in [6, 6.07) is 0. The Balaban J connectivity index is 2.56. The largest absolute Gasteiger partial charge is 0.369 e. The second-order valence-corrected chi connectivity index (χ2v) is 3.99. The summed E-state index contributed by atoms with van der Waals surface area (Å²) in [5.74, 6) is -0.465. The number of nitrogens with zero attached hydrogens (tertiary/aromatic N) is 2. The van der Waals surface area contributed by atoms with Crippen LogP contribution in [-0.2, 0) is 18.2 Å². The highest BCUT2D eigenvalue weighted by Crippen LogP contribution is 2.31. The number of fused-ring (bicyclic) bond motifs is 1. The van der Waals surface area contributed by atoms with E-state index in [2.05, 4.69) is 5.10 Å². The van der Waals surface area contributed by atoms with Crippen LogP contribution in [0.25, 0.3) is 0 Å². The highest BCUT2D eigenvalue weighted by atomic mass is 16.5. The van der Waals surface area contributed by atoms with Crippen molar-refractivity contribution in [3.8, 4) is 0 Å². The van der Waals surface area contributed by atoms with Crippen LogP contribution in [-0.4, -0.2) is 21.8 Å². The number of hydrogen-bond acceptors (Lipinski definition) is 3. The number of primary amides is 1. The minimum absolute atomic E-state index is 0.0330. The SMILES string of the molecule is C[C@@H]1Cc2c(C(N)=O)nn(C)c2[C@H](C)O1. The van der Waals surface area contributed by atoms with Crippen molar-refractivity contribution in [3.63, 3.8) is 0 Å². The quantitative estimate of drug-likeness (QED) is 0.734. The molecule has 0 saturated carbocycles. The Bertz CT molecular complexity index is 411. The van der Waals surface area contributed by atoms with Gasteiger partial charge in [0.2, 0.25) is 0 Å². The molecular weight excluding hydrogens is 194 g/mol. The van der Waals surface area contributed by atoms with E-state index in [0.29, 0.717) is 12.1 Å². The molecule has 0 saturated heterocycles. The molecule has 0 aliphatic carbocycles. The van der Waals surface area contributed by atoms with Gasteiger partial charge in [-0.05, 0) is 13.8 Å². The number of aryl methyl sites for hydroxylation is 1. The van der Waals surface area contributed by atoms with E-state index < -0.39 is 5.91 Å². The van der Waals surface area contributed by atoms with Crippen LogP contribution in [0.5, 0.6) is 0 Å². The summed E-state index contributed by atoms with van der Waals surface area (Å²) in [6.07, 6.45) is 0.773. The second kappa shape index (κ2) is 3.34. The van der Waals surface area contributed by atoms with Gasteiger partial charge >= 0.3 is 0 Å². The predicted molar refractivity (Wildman–Crippen MR) is 54.4 cm³/mol. The van der Waals surface area contributed by atoms with Gasteiger partial charge in [0, 0.05) is 19.0 Å². The van der Waals surface area contributed by atoms with Crippen LogP contribution in [0.4, 0.5) is 0 Å². The summed E-state index contributed by atoms with van der Waals surface area (Å²) in [6.45, 7) is 3.94. The first kappa shape index (κ1) is 10.2. The van der Waals surface area contributed by atoms with Gasteiger partial charge in [-0.25, -0.2) is 0 Å². The minimum atomic E-state index is -0.465. The lowest BCUT2D eigenvalue weighted by Gasteiger charge is -2.26. The first-order chi connectivity index (χ1) is 7.00. The normalized spacial score (nSPS) is 25.0. The van der Waals surface area contributed by atoms with E-state index in [-0.39, 0.29) is 12.2 Å². The van der Waals surface area contributed by atoms with Crippen LogP contribution in [0, 0.1) is 0 Å². The third-order valence-corrected chi connectivity index (χ3v) is 2.74. The molecule has 2 atom stereocenters. The predicted octanol–water partition coefficient (Wildman–Crippen LogP) is 0.541. The number of nitrogens with two attached hydrogens (primary N) is 1. The lowest BCUT2D eigenvalue weighted by molar-refractivity contribution is -0.00902. The Kier molecular flexibility index (Phi) is 2.26. The molecule has 2 heterocycles. The van der Waals surface area contributed by atoms with E-state index in [1.165, 1.54) is 0 Å². The minimum Gasteiger partial charge on any atom is -0.369 e. The Morgan fingerprint density at radius 1 is 1.60 bits per heavy atom. The first-order valence-electron chi connectivity index (χ1n) is 5.01. The second-order valence-electron chi connectivity index (χ2n) is 3.99. The lowest BCUT2D eigenvalue weighted by Crippen LogP contribution is -2.24. The summed E-state index contributed by atoms with van der Waals surface area (Å²) in [5.41, 5.74) is 7.57. The average molecular weight is 209 g/mol. The van der Waals surface area contributed by atoms with Gasteiger partial charge in [0.1, 0.15) is 0 Å². The van der Waals surface area contributed by atoms with Crippen LogP contribution in [0.1, 0.15) is 41.7 Å². The molecule has 1 aliphatic rings. The van der Waals surface area contributed by atoms with Gasteiger partial charge in [-0.15, -0.1) is 0 Å². The monoisotopic (exact) mass is 209 g/mol. The van der Waals surface area contributed by atoms with Crippen molar-refractivity contribution < 1.29 is 9.53 Å². The van der Waals surface area contributed by atoms with Gasteiger partial charge in [-0.3, -0.25) is 9.48 Å². The van der Waals surface area contributed by atoms with Crippen LogP contribution >= 0.6 is 0 Å². The van der Waals surface area contributed by atoms with Crippen molar-refractivity contribution in [2.45, 2.75) is 32.5 Å². The molecule has 0 bridgehead atoms. The molecule has 0 fully saturated rings. The maximum Gasteiger partial charge on any atom is 0.269 e. The van der Waals surface area contributed by atoms with Crippen molar-refractivity contribution in [2.75, 3.05) is 0 Å². The van der Waals surface area contributed by atoms with Gasteiger partial charge in [-0.1, -0.05) is 0 Å². The van der Waals surface area contributed by atoms with Crippen molar-refractivity contribution in [2.24, 2.45) is 12.8 Å². The van der Waals surface area contributed by atoms with Crippen LogP contribution in [0.3, 0.4) is 0 Å². The summed E-state index contributed by atoms with van der Waals surface area (Å²) in [7, 11) is 1.81. The topological polar surface area (TPSA) is 70.1 Å². The highest BCUT2D eigenvalue weighted by molar-refractivity contribution is 5.92. The molecular formula is C10H15N3O2. The van der Waals surface area contributed by atoms with Crippen molar-refractivity contribution in [1.82, 2.24) is 9.78 Å². The Labute approximate surface area is 88.2 Å². The number of carbonyl (C=O) groups excluding carboxylic acids is 1. The molecule has 0 aromatic carbocycles. The number of aromatic nitrogens is 2. The molecule has 1 aromatic rings. The van der Waals surface area contributed by atoms with E-state index >= 15 is 0 Å². The van der Waals surface area contributed by atoms with Gasteiger partial charge < -0.3 is 10.5 Å². The molecule has 5 heteroatoms. The van der Waals surface area contributed by atoms with Gasteiger partial charge in [0.05, 0.1) is 17.9 Å². The molecule has 0 unspecified atom stereocenters. The van der Waals surface area contributed by atoms with Gasteiger partial charge in [0.25, 0.3) is 5.91 Å². The molecule has 2 N–H and O–H groups in total.